The van der Waals surface area contributed by atoms with Crippen LogP contribution in [0, 0.1) is 11.8 Å². The normalized spacial score (nSPS) is 22.2. The summed E-state index contributed by atoms with van der Waals surface area (Å²) in [7, 11) is -3.15. The van der Waals surface area contributed by atoms with Gasteiger partial charge >= 0.3 is 0 Å². The van der Waals surface area contributed by atoms with Crippen molar-refractivity contribution in [1.29, 1.82) is 0 Å². The van der Waals surface area contributed by atoms with E-state index in [0.29, 0.717) is 24.6 Å². The van der Waals surface area contributed by atoms with Gasteiger partial charge in [-0.1, -0.05) is 19.8 Å². The number of amides is 1. The van der Waals surface area contributed by atoms with Gasteiger partial charge < -0.3 is 5.32 Å². The SMILES string of the molecule is CC(C(=O)Nc1ccc(N2CCCS2(=O)=O)cc1)C1CCCC1. The van der Waals surface area contributed by atoms with Crippen LogP contribution in [-0.4, -0.2) is 26.6 Å². The van der Waals surface area contributed by atoms with E-state index in [1.54, 1.807) is 24.3 Å². The van der Waals surface area contributed by atoms with E-state index in [-0.39, 0.29) is 17.6 Å². The zero-order valence-corrected chi connectivity index (χ0v) is 14.3. The summed E-state index contributed by atoms with van der Waals surface area (Å²) in [5.74, 6) is 0.781. The average molecular weight is 336 g/mol. The number of anilines is 2. The van der Waals surface area contributed by atoms with Gasteiger partial charge in [-0.05, 0) is 49.4 Å². The summed E-state index contributed by atoms with van der Waals surface area (Å²) in [6.45, 7) is 2.53. The summed E-state index contributed by atoms with van der Waals surface area (Å²) < 4.78 is 25.3. The van der Waals surface area contributed by atoms with E-state index < -0.39 is 10.0 Å². The molecule has 0 bridgehead atoms. The number of sulfonamides is 1. The molecule has 1 N–H and O–H groups in total. The first kappa shape index (κ1) is 16.3. The minimum absolute atomic E-state index is 0.0242. The summed E-state index contributed by atoms with van der Waals surface area (Å²) >= 11 is 0. The number of hydrogen-bond donors (Lipinski definition) is 1. The quantitative estimate of drug-likeness (QED) is 0.919. The Labute approximate surface area is 138 Å². The number of hydrogen-bond acceptors (Lipinski definition) is 3. The molecule has 1 saturated carbocycles. The van der Waals surface area contributed by atoms with E-state index in [1.807, 2.05) is 6.92 Å². The van der Waals surface area contributed by atoms with Gasteiger partial charge in [-0.25, -0.2) is 8.42 Å². The van der Waals surface area contributed by atoms with Gasteiger partial charge in [0.2, 0.25) is 15.9 Å². The molecule has 23 heavy (non-hydrogen) atoms. The Morgan fingerprint density at radius 2 is 1.83 bits per heavy atom. The van der Waals surface area contributed by atoms with Crippen LogP contribution >= 0.6 is 0 Å². The maximum Gasteiger partial charge on any atom is 0.235 e. The molecular formula is C17H24N2O3S. The first-order chi connectivity index (χ1) is 11.0. The smallest absolute Gasteiger partial charge is 0.235 e. The maximum atomic E-state index is 12.3. The second kappa shape index (κ2) is 6.51. The van der Waals surface area contributed by atoms with Gasteiger partial charge in [0.15, 0.2) is 0 Å². The molecule has 1 unspecified atom stereocenters. The van der Waals surface area contributed by atoms with Gasteiger partial charge in [0.05, 0.1) is 11.4 Å². The highest BCUT2D eigenvalue weighted by molar-refractivity contribution is 7.93. The van der Waals surface area contributed by atoms with E-state index in [2.05, 4.69) is 5.32 Å². The Balaban J connectivity index is 1.64. The number of carbonyl (C=O) groups is 1. The van der Waals surface area contributed by atoms with Crippen LogP contribution in [0.2, 0.25) is 0 Å². The minimum atomic E-state index is -3.15. The van der Waals surface area contributed by atoms with Crippen molar-refractivity contribution in [3.05, 3.63) is 24.3 Å². The highest BCUT2D eigenvalue weighted by Crippen LogP contribution is 2.32. The second-order valence-corrected chi connectivity index (χ2v) is 8.62. The molecular weight excluding hydrogens is 312 g/mol. The van der Waals surface area contributed by atoms with Crippen molar-refractivity contribution in [1.82, 2.24) is 0 Å². The van der Waals surface area contributed by atoms with Crippen molar-refractivity contribution in [2.24, 2.45) is 11.8 Å². The summed E-state index contributed by atoms with van der Waals surface area (Å²) in [4.78, 5) is 12.3. The molecule has 126 valence electrons. The van der Waals surface area contributed by atoms with Crippen molar-refractivity contribution >= 4 is 27.3 Å². The fraction of sp³-hybridized carbons (Fsp3) is 0.588. The van der Waals surface area contributed by atoms with Crippen LogP contribution in [0.1, 0.15) is 39.0 Å². The molecule has 1 aliphatic heterocycles. The average Bonchev–Trinajstić information content (AvgIpc) is 3.16. The van der Waals surface area contributed by atoms with Crippen molar-refractivity contribution < 1.29 is 13.2 Å². The van der Waals surface area contributed by atoms with Crippen molar-refractivity contribution in [3.8, 4) is 0 Å². The topological polar surface area (TPSA) is 66.5 Å². The predicted molar refractivity (Wildman–Crippen MR) is 91.9 cm³/mol. The molecule has 1 saturated heterocycles. The molecule has 5 nitrogen and oxygen atoms in total. The molecule has 0 aromatic heterocycles. The molecule has 2 fully saturated rings. The van der Waals surface area contributed by atoms with Gasteiger partial charge in [0, 0.05) is 18.2 Å². The number of carbonyl (C=O) groups excluding carboxylic acids is 1. The lowest BCUT2D eigenvalue weighted by molar-refractivity contribution is -0.120. The van der Waals surface area contributed by atoms with E-state index in [4.69, 9.17) is 0 Å². The second-order valence-electron chi connectivity index (χ2n) is 6.61. The summed E-state index contributed by atoms with van der Waals surface area (Å²) in [5, 5.41) is 2.95. The first-order valence-corrected chi connectivity index (χ1v) is 9.99. The lowest BCUT2D eigenvalue weighted by Gasteiger charge is -2.19. The molecule has 1 aromatic rings. The van der Waals surface area contributed by atoms with Crippen LogP contribution in [-0.2, 0) is 14.8 Å². The lowest BCUT2D eigenvalue weighted by atomic mass is 9.92. The van der Waals surface area contributed by atoms with E-state index in [0.717, 1.165) is 18.5 Å². The highest BCUT2D eigenvalue weighted by atomic mass is 32.2. The number of nitrogens with zero attached hydrogens (tertiary/aromatic N) is 1. The number of nitrogens with one attached hydrogen (secondary N) is 1. The largest absolute Gasteiger partial charge is 0.326 e. The Kier molecular flexibility index (Phi) is 4.62. The number of rotatable bonds is 4. The fourth-order valence-electron chi connectivity index (χ4n) is 3.57. The van der Waals surface area contributed by atoms with Crippen LogP contribution < -0.4 is 9.62 Å². The van der Waals surface area contributed by atoms with Gasteiger partial charge in [-0.2, -0.15) is 0 Å². The van der Waals surface area contributed by atoms with E-state index >= 15 is 0 Å². The third kappa shape index (κ3) is 3.52. The standard InChI is InChI=1S/C17H24N2O3S/c1-13(14-5-2-3-6-14)17(20)18-15-7-9-16(10-8-15)19-11-4-12-23(19,21)22/h7-10,13-14H,2-6,11-12H2,1H3,(H,18,20). The Hall–Kier alpha value is -1.56. The van der Waals surface area contributed by atoms with Gasteiger partial charge in [0.1, 0.15) is 0 Å². The van der Waals surface area contributed by atoms with Crippen LogP contribution in [0.3, 0.4) is 0 Å². The first-order valence-electron chi connectivity index (χ1n) is 8.39. The molecule has 6 heteroatoms. The molecule has 2 aliphatic rings. The van der Waals surface area contributed by atoms with Crippen LogP contribution in [0.25, 0.3) is 0 Å². The fourth-order valence-corrected chi connectivity index (χ4v) is 5.13. The molecule has 1 heterocycles. The lowest BCUT2D eigenvalue weighted by Crippen LogP contribution is -2.26. The Morgan fingerprint density at radius 3 is 2.39 bits per heavy atom. The van der Waals surface area contributed by atoms with E-state index in [1.165, 1.54) is 17.1 Å². The van der Waals surface area contributed by atoms with Crippen LogP contribution in [0.4, 0.5) is 11.4 Å². The molecule has 0 spiro atoms. The van der Waals surface area contributed by atoms with Gasteiger partial charge in [-0.3, -0.25) is 9.10 Å². The molecule has 0 radical (unpaired) electrons. The minimum Gasteiger partial charge on any atom is -0.326 e. The summed E-state index contributed by atoms with van der Waals surface area (Å²) in [6.07, 6.45) is 5.39. The molecule has 3 rings (SSSR count). The molecule has 1 atom stereocenters. The van der Waals surface area contributed by atoms with Crippen molar-refractivity contribution in [2.75, 3.05) is 21.9 Å². The van der Waals surface area contributed by atoms with Crippen molar-refractivity contribution in [2.45, 2.75) is 39.0 Å². The van der Waals surface area contributed by atoms with Crippen molar-refractivity contribution in [3.63, 3.8) is 0 Å². The van der Waals surface area contributed by atoms with Gasteiger partial charge in [0.25, 0.3) is 0 Å². The maximum absolute atomic E-state index is 12.3. The highest BCUT2D eigenvalue weighted by Gasteiger charge is 2.29. The van der Waals surface area contributed by atoms with Gasteiger partial charge in [-0.15, -0.1) is 0 Å². The molecule has 1 aromatic carbocycles. The third-order valence-corrected chi connectivity index (χ3v) is 6.91. The molecule has 1 amide bonds. The summed E-state index contributed by atoms with van der Waals surface area (Å²) in [5.41, 5.74) is 1.39. The Morgan fingerprint density at radius 1 is 1.17 bits per heavy atom. The van der Waals surface area contributed by atoms with Crippen LogP contribution in [0.5, 0.6) is 0 Å². The van der Waals surface area contributed by atoms with Crippen LogP contribution in [0.15, 0.2) is 24.3 Å². The number of benzene rings is 1. The molecule has 1 aliphatic carbocycles. The zero-order chi connectivity index (χ0) is 16.4. The zero-order valence-electron chi connectivity index (χ0n) is 13.5. The monoisotopic (exact) mass is 336 g/mol. The predicted octanol–water partition coefficient (Wildman–Crippen LogP) is 2.99. The third-order valence-electron chi connectivity index (χ3n) is 5.04. The Bertz CT molecular complexity index is 664. The van der Waals surface area contributed by atoms with E-state index in [9.17, 15) is 13.2 Å². The summed E-state index contributed by atoms with van der Waals surface area (Å²) in [6, 6.07) is 7.09.